The zero-order valence-electron chi connectivity index (χ0n) is 22.2. The van der Waals surface area contributed by atoms with E-state index in [1.807, 2.05) is 65.6 Å². The zero-order valence-corrected chi connectivity index (χ0v) is 22.2. The first-order valence-electron chi connectivity index (χ1n) is 12.7. The number of hydrogen-bond acceptors (Lipinski definition) is 6. The molecule has 0 aliphatic carbocycles. The summed E-state index contributed by atoms with van der Waals surface area (Å²) < 4.78 is 16.5. The molecule has 3 aromatic carbocycles. The molecule has 2 aliphatic rings. The number of para-hydroxylation sites is 2. The van der Waals surface area contributed by atoms with Crippen molar-refractivity contribution in [1.82, 2.24) is 9.80 Å². The number of rotatable bonds is 6. The Bertz CT molecular complexity index is 1330. The first-order chi connectivity index (χ1) is 18.5. The van der Waals surface area contributed by atoms with Gasteiger partial charge in [-0.25, -0.2) is 0 Å². The number of benzene rings is 3. The van der Waals surface area contributed by atoms with E-state index >= 15 is 0 Å². The summed E-state index contributed by atoms with van der Waals surface area (Å²) in [5.74, 6) is 1.33. The molecule has 1 fully saturated rings. The second-order valence-electron chi connectivity index (χ2n) is 9.52. The lowest BCUT2D eigenvalue weighted by atomic mass is 9.79. The van der Waals surface area contributed by atoms with Crippen LogP contribution in [0.1, 0.15) is 33.4 Å². The van der Waals surface area contributed by atoms with Crippen molar-refractivity contribution < 1.29 is 23.8 Å². The first-order valence-corrected chi connectivity index (χ1v) is 12.7. The highest BCUT2D eigenvalue weighted by molar-refractivity contribution is 6.01. The predicted molar refractivity (Wildman–Crippen MR) is 145 cm³/mol. The van der Waals surface area contributed by atoms with Gasteiger partial charge >= 0.3 is 0 Å². The monoisotopic (exact) mass is 515 g/mol. The van der Waals surface area contributed by atoms with Gasteiger partial charge in [0.05, 0.1) is 39.0 Å². The molecule has 0 aromatic heterocycles. The quantitative estimate of drug-likeness (QED) is 0.495. The fraction of sp³-hybridized carbons (Fsp3) is 0.333. The van der Waals surface area contributed by atoms with E-state index in [-0.39, 0.29) is 11.8 Å². The minimum Gasteiger partial charge on any atom is -0.495 e. The standard InChI is InChI=1S/C30H33N3O5/c1-31-28(20-13-14-25(37-3)26(19-20)38-4)27(21-9-5-6-10-22(21)29(31)34)30(35)33-17-15-32(16-18-33)23-11-7-8-12-24(23)36-2/h5-14,19,27-28H,15-18H2,1-4H3/t27-,28+/m1/s1. The number of likely N-dealkylation sites (N-methyl/N-ethyl adjacent to an activating group) is 1. The van der Waals surface area contributed by atoms with Crippen molar-refractivity contribution in [3.8, 4) is 17.2 Å². The van der Waals surface area contributed by atoms with Gasteiger partial charge in [-0.3, -0.25) is 9.59 Å². The van der Waals surface area contributed by atoms with Crippen LogP contribution in [-0.4, -0.2) is 76.2 Å². The summed E-state index contributed by atoms with van der Waals surface area (Å²) in [7, 11) is 6.60. The molecule has 8 heteroatoms. The van der Waals surface area contributed by atoms with Crippen molar-refractivity contribution in [2.75, 3.05) is 59.5 Å². The fourth-order valence-electron chi connectivity index (χ4n) is 5.65. The lowest BCUT2D eigenvalue weighted by molar-refractivity contribution is -0.134. The second-order valence-corrected chi connectivity index (χ2v) is 9.52. The number of hydrogen-bond donors (Lipinski definition) is 0. The van der Waals surface area contributed by atoms with Crippen molar-refractivity contribution in [2.24, 2.45) is 0 Å². The van der Waals surface area contributed by atoms with Crippen LogP contribution >= 0.6 is 0 Å². The van der Waals surface area contributed by atoms with Gasteiger partial charge in [0, 0.05) is 38.8 Å². The van der Waals surface area contributed by atoms with Crippen LogP contribution in [0.2, 0.25) is 0 Å². The highest BCUT2D eigenvalue weighted by Gasteiger charge is 2.44. The van der Waals surface area contributed by atoms with E-state index in [2.05, 4.69) is 4.90 Å². The van der Waals surface area contributed by atoms with E-state index in [0.717, 1.165) is 22.6 Å². The molecule has 0 unspecified atom stereocenters. The molecule has 0 N–H and O–H groups in total. The maximum atomic E-state index is 14.3. The highest BCUT2D eigenvalue weighted by atomic mass is 16.5. The Labute approximate surface area is 223 Å². The number of nitrogens with zero attached hydrogens (tertiary/aromatic N) is 3. The van der Waals surface area contributed by atoms with Crippen LogP contribution in [0.5, 0.6) is 17.2 Å². The van der Waals surface area contributed by atoms with Crippen LogP contribution in [0.15, 0.2) is 66.7 Å². The van der Waals surface area contributed by atoms with Gasteiger partial charge in [-0.1, -0.05) is 36.4 Å². The maximum absolute atomic E-state index is 14.3. The Morgan fingerprint density at radius 1 is 0.789 bits per heavy atom. The summed E-state index contributed by atoms with van der Waals surface area (Å²) in [6.07, 6.45) is 0. The van der Waals surface area contributed by atoms with Gasteiger partial charge in [0.1, 0.15) is 5.75 Å². The maximum Gasteiger partial charge on any atom is 0.254 e. The summed E-state index contributed by atoms with van der Waals surface area (Å²) in [4.78, 5) is 33.5. The van der Waals surface area contributed by atoms with Crippen LogP contribution < -0.4 is 19.1 Å². The molecular formula is C30H33N3O5. The fourth-order valence-corrected chi connectivity index (χ4v) is 5.65. The molecule has 8 nitrogen and oxygen atoms in total. The van der Waals surface area contributed by atoms with Crippen molar-refractivity contribution >= 4 is 17.5 Å². The Morgan fingerprint density at radius 2 is 1.45 bits per heavy atom. The zero-order chi connectivity index (χ0) is 26.8. The van der Waals surface area contributed by atoms with E-state index in [1.165, 1.54) is 0 Å². The van der Waals surface area contributed by atoms with E-state index in [0.29, 0.717) is 43.2 Å². The first kappa shape index (κ1) is 25.4. The number of amides is 2. The number of carbonyl (C=O) groups excluding carboxylic acids is 2. The van der Waals surface area contributed by atoms with Crippen LogP contribution in [0, 0.1) is 0 Å². The smallest absolute Gasteiger partial charge is 0.254 e. The van der Waals surface area contributed by atoms with Crippen LogP contribution in [0.3, 0.4) is 0 Å². The second kappa shape index (κ2) is 10.7. The lowest BCUT2D eigenvalue weighted by Crippen LogP contribution is -2.53. The molecule has 0 radical (unpaired) electrons. The third-order valence-electron chi connectivity index (χ3n) is 7.61. The van der Waals surface area contributed by atoms with Gasteiger partial charge in [-0.2, -0.15) is 0 Å². The van der Waals surface area contributed by atoms with E-state index < -0.39 is 12.0 Å². The number of anilines is 1. The number of fused-ring (bicyclic) bond motifs is 1. The SMILES string of the molecule is COc1ccc([C@H]2[C@H](C(=O)N3CCN(c4ccccc4OC)CC3)c3ccccc3C(=O)N2C)cc1OC. The Morgan fingerprint density at radius 3 is 2.16 bits per heavy atom. The molecule has 1 saturated heterocycles. The average Bonchev–Trinajstić information content (AvgIpc) is 2.98. The highest BCUT2D eigenvalue weighted by Crippen LogP contribution is 2.45. The summed E-state index contributed by atoms with van der Waals surface area (Å²) in [5, 5.41) is 0. The van der Waals surface area contributed by atoms with Gasteiger partial charge in [-0.05, 0) is 41.5 Å². The van der Waals surface area contributed by atoms with Crippen molar-refractivity contribution in [3.63, 3.8) is 0 Å². The number of piperazine rings is 1. The largest absolute Gasteiger partial charge is 0.495 e. The van der Waals surface area contributed by atoms with Crippen molar-refractivity contribution in [1.29, 1.82) is 0 Å². The summed E-state index contributed by atoms with van der Waals surface area (Å²) >= 11 is 0. The average molecular weight is 516 g/mol. The third kappa shape index (κ3) is 4.40. The van der Waals surface area contributed by atoms with Crippen LogP contribution in [-0.2, 0) is 4.79 Å². The van der Waals surface area contributed by atoms with E-state index in [4.69, 9.17) is 14.2 Å². The molecule has 2 amide bonds. The van der Waals surface area contributed by atoms with Gasteiger partial charge < -0.3 is 28.9 Å². The van der Waals surface area contributed by atoms with Crippen molar-refractivity contribution in [3.05, 3.63) is 83.4 Å². The van der Waals surface area contributed by atoms with Crippen molar-refractivity contribution in [2.45, 2.75) is 12.0 Å². The normalized spacial score (nSPS) is 19.2. The van der Waals surface area contributed by atoms with Crippen LogP contribution in [0.4, 0.5) is 5.69 Å². The molecular weight excluding hydrogens is 482 g/mol. The van der Waals surface area contributed by atoms with Crippen LogP contribution in [0.25, 0.3) is 0 Å². The van der Waals surface area contributed by atoms with Gasteiger partial charge in [0.15, 0.2) is 11.5 Å². The summed E-state index contributed by atoms with van der Waals surface area (Å²) in [6, 6.07) is 20.5. The molecule has 2 atom stereocenters. The topological polar surface area (TPSA) is 71.6 Å². The Balaban J connectivity index is 1.48. The summed E-state index contributed by atoms with van der Waals surface area (Å²) in [6.45, 7) is 2.53. The van der Waals surface area contributed by atoms with E-state index in [1.54, 1.807) is 39.3 Å². The molecule has 0 saturated carbocycles. The number of methoxy groups -OCH3 is 3. The molecule has 198 valence electrons. The molecule has 2 aliphatic heterocycles. The molecule has 0 bridgehead atoms. The number of carbonyl (C=O) groups is 2. The van der Waals surface area contributed by atoms with Gasteiger partial charge in [0.2, 0.25) is 5.91 Å². The van der Waals surface area contributed by atoms with Gasteiger partial charge in [0.25, 0.3) is 5.91 Å². The lowest BCUT2D eigenvalue weighted by Gasteiger charge is -2.43. The molecule has 0 spiro atoms. The number of ether oxygens (including phenoxy) is 3. The van der Waals surface area contributed by atoms with E-state index in [9.17, 15) is 9.59 Å². The minimum atomic E-state index is -0.551. The Kier molecular flexibility index (Phi) is 7.13. The molecule has 38 heavy (non-hydrogen) atoms. The third-order valence-corrected chi connectivity index (χ3v) is 7.61. The predicted octanol–water partition coefficient (Wildman–Crippen LogP) is 3.97. The molecule has 3 aromatic rings. The Hall–Kier alpha value is -4.20. The molecule has 2 heterocycles. The van der Waals surface area contributed by atoms with Gasteiger partial charge in [-0.15, -0.1) is 0 Å². The molecule has 5 rings (SSSR count). The summed E-state index contributed by atoms with van der Waals surface area (Å²) in [5.41, 5.74) is 3.17. The minimum absolute atomic E-state index is 0.0104.